The second-order valence-electron chi connectivity index (χ2n) is 5.53. The smallest absolute Gasteiger partial charge is 0.347 e. The number of rotatable bonds is 6. The van der Waals surface area contributed by atoms with Crippen LogP contribution in [0.5, 0.6) is 5.75 Å². The number of hydrogen-bond donors (Lipinski definition) is 1. The van der Waals surface area contributed by atoms with Crippen LogP contribution in [0.2, 0.25) is 0 Å². The second kappa shape index (κ2) is 8.77. The number of aromatic hydroxyl groups is 1. The quantitative estimate of drug-likeness (QED) is 0.545. The summed E-state index contributed by atoms with van der Waals surface area (Å²) in [7, 11) is 0. The Morgan fingerprint density at radius 3 is 2.81 bits per heavy atom. The Hall–Kier alpha value is -2.74. The Kier molecular flexibility index (Phi) is 6.68. The van der Waals surface area contributed by atoms with Gasteiger partial charge < -0.3 is 9.84 Å². The van der Waals surface area contributed by atoms with Crippen LogP contribution in [0.15, 0.2) is 57.7 Å². The van der Waals surface area contributed by atoms with Gasteiger partial charge >= 0.3 is 5.97 Å². The molecule has 0 fully saturated rings. The number of carbonyl (C=O) groups excluding carboxylic acids is 1. The van der Waals surface area contributed by atoms with Crippen LogP contribution in [0, 0.1) is 0 Å². The van der Waals surface area contributed by atoms with E-state index in [9.17, 15) is 19.1 Å². The Bertz CT molecular complexity index is 1020. The number of pyridine rings is 2. The monoisotopic (exact) mass is 436 g/mol. The standard InChI is InChI=1S/C19H18BrFN2O4/c1-4-13(21)7-6-11(3)10-23-17-14(8-12(20)9-22-17)16(24)15(18(23)25)19(26)27-5-2/h4,6-9,24H,3,5,10H2,1-2H3/b7-6-,13-4+. The minimum absolute atomic E-state index is 0.0462. The molecule has 6 nitrogen and oxygen atoms in total. The van der Waals surface area contributed by atoms with Crippen LogP contribution >= 0.6 is 15.9 Å². The van der Waals surface area contributed by atoms with Gasteiger partial charge in [-0.3, -0.25) is 9.36 Å². The highest BCUT2D eigenvalue weighted by Gasteiger charge is 2.24. The number of allylic oxidation sites excluding steroid dienone is 5. The van der Waals surface area contributed by atoms with Crippen molar-refractivity contribution in [3.8, 4) is 5.75 Å². The molecule has 0 spiro atoms. The summed E-state index contributed by atoms with van der Waals surface area (Å²) in [5, 5.41) is 10.6. The van der Waals surface area contributed by atoms with Gasteiger partial charge in [0.25, 0.3) is 5.56 Å². The molecule has 0 saturated heterocycles. The maximum atomic E-state index is 13.3. The molecule has 0 amide bonds. The fourth-order valence-corrected chi connectivity index (χ4v) is 2.70. The molecule has 2 heterocycles. The van der Waals surface area contributed by atoms with E-state index < -0.39 is 28.7 Å². The van der Waals surface area contributed by atoms with E-state index in [0.717, 1.165) is 0 Å². The van der Waals surface area contributed by atoms with Gasteiger partial charge in [-0.15, -0.1) is 0 Å². The van der Waals surface area contributed by atoms with Gasteiger partial charge in [-0.2, -0.15) is 0 Å². The molecule has 2 aromatic rings. The van der Waals surface area contributed by atoms with Crippen LogP contribution in [0.4, 0.5) is 4.39 Å². The predicted molar refractivity (Wildman–Crippen MR) is 104 cm³/mol. The number of carbonyl (C=O) groups is 1. The lowest BCUT2D eigenvalue weighted by Crippen LogP contribution is -2.29. The predicted octanol–water partition coefficient (Wildman–Crippen LogP) is 4.03. The molecule has 8 heteroatoms. The van der Waals surface area contributed by atoms with Crippen LogP contribution in [0.1, 0.15) is 24.2 Å². The van der Waals surface area contributed by atoms with E-state index >= 15 is 0 Å². The minimum Gasteiger partial charge on any atom is -0.506 e. The number of ether oxygens (including phenoxy) is 1. The van der Waals surface area contributed by atoms with E-state index in [4.69, 9.17) is 4.74 Å². The minimum atomic E-state index is -0.934. The van der Waals surface area contributed by atoms with Crippen LogP contribution in [0.3, 0.4) is 0 Å². The molecule has 2 aromatic heterocycles. The van der Waals surface area contributed by atoms with Gasteiger partial charge in [0.05, 0.1) is 18.5 Å². The third-order valence-corrected chi connectivity index (χ3v) is 4.07. The molecule has 0 aliphatic carbocycles. The van der Waals surface area contributed by atoms with Crippen molar-refractivity contribution >= 4 is 32.9 Å². The summed E-state index contributed by atoms with van der Waals surface area (Å²) in [5.74, 6) is -1.88. The number of halogens is 2. The number of esters is 1. The zero-order valence-electron chi connectivity index (χ0n) is 14.8. The highest BCUT2D eigenvalue weighted by Crippen LogP contribution is 2.28. The summed E-state index contributed by atoms with van der Waals surface area (Å²) in [5.41, 5.74) is -0.689. The highest BCUT2D eigenvalue weighted by atomic mass is 79.9. The SMILES string of the molecule is C=C(/C=C\C(F)=C/C)Cn1c(=O)c(C(=O)OCC)c(O)c2cc(Br)cnc21. The average molecular weight is 437 g/mol. The van der Waals surface area contributed by atoms with Crippen molar-refractivity contribution in [3.63, 3.8) is 0 Å². The van der Waals surface area contributed by atoms with Crippen LogP contribution in [-0.4, -0.2) is 27.2 Å². The molecule has 142 valence electrons. The zero-order chi connectivity index (χ0) is 20.1. The van der Waals surface area contributed by atoms with Crippen molar-refractivity contribution in [1.29, 1.82) is 0 Å². The number of fused-ring (bicyclic) bond motifs is 1. The van der Waals surface area contributed by atoms with E-state index in [0.29, 0.717) is 10.0 Å². The molecule has 0 radical (unpaired) electrons. The largest absolute Gasteiger partial charge is 0.506 e. The lowest BCUT2D eigenvalue weighted by atomic mass is 10.1. The summed E-state index contributed by atoms with van der Waals surface area (Å²) in [6.07, 6.45) is 5.37. The summed E-state index contributed by atoms with van der Waals surface area (Å²) in [6, 6.07) is 1.54. The third kappa shape index (κ3) is 4.51. The lowest BCUT2D eigenvalue weighted by Gasteiger charge is -2.14. The first-order chi connectivity index (χ1) is 12.8. The van der Waals surface area contributed by atoms with Crippen molar-refractivity contribution in [2.24, 2.45) is 0 Å². The van der Waals surface area contributed by atoms with Crippen molar-refractivity contribution in [2.45, 2.75) is 20.4 Å². The third-order valence-electron chi connectivity index (χ3n) is 3.63. The highest BCUT2D eigenvalue weighted by molar-refractivity contribution is 9.10. The molecule has 0 aromatic carbocycles. The molecule has 27 heavy (non-hydrogen) atoms. The molecule has 0 saturated carbocycles. The van der Waals surface area contributed by atoms with Crippen LogP contribution < -0.4 is 5.56 Å². The van der Waals surface area contributed by atoms with Crippen molar-refractivity contribution in [3.05, 3.63) is 68.9 Å². The van der Waals surface area contributed by atoms with Crippen molar-refractivity contribution in [1.82, 2.24) is 9.55 Å². The van der Waals surface area contributed by atoms with Crippen LogP contribution in [-0.2, 0) is 11.3 Å². The Labute approximate surface area is 163 Å². The lowest BCUT2D eigenvalue weighted by molar-refractivity contribution is 0.0520. The number of aromatic nitrogens is 2. The van der Waals surface area contributed by atoms with Gasteiger partial charge in [0.1, 0.15) is 17.2 Å². The fraction of sp³-hybridized carbons (Fsp3) is 0.211. The summed E-state index contributed by atoms with van der Waals surface area (Å²) in [6.45, 7) is 6.94. The van der Waals surface area contributed by atoms with Crippen LogP contribution in [0.25, 0.3) is 11.0 Å². The van der Waals surface area contributed by atoms with Gasteiger partial charge in [0.15, 0.2) is 5.56 Å². The number of nitrogens with zero attached hydrogens (tertiary/aromatic N) is 2. The molecular weight excluding hydrogens is 419 g/mol. The summed E-state index contributed by atoms with van der Waals surface area (Å²) in [4.78, 5) is 29.2. The maximum Gasteiger partial charge on any atom is 0.347 e. The Morgan fingerprint density at radius 2 is 2.19 bits per heavy atom. The molecule has 0 aliphatic heterocycles. The second-order valence-corrected chi connectivity index (χ2v) is 6.44. The van der Waals surface area contributed by atoms with Gasteiger partial charge in [-0.1, -0.05) is 18.7 Å². The van der Waals surface area contributed by atoms with E-state index in [1.807, 2.05) is 0 Å². The molecule has 1 N–H and O–H groups in total. The number of hydrogen-bond acceptors (Lipinski definition) is 5. The first-order valence-corrected chi connectivity index (χ1v) is 8.85. The van der Waals surface area contributed by atoms with Gasteiger partial charge in [0, 0.05) is 10.7 Å². The molecule has 0 unspecified atom stereocenters. The summed E-state index contributed by atoms with van der Waals surface area (Å²) < 4.78 is 19.9. The molecule has 0 atom stereocenters. The van der Waals surface area contributed by atoms with E-state index in [2.05, 4.69) is 27.5 Å². The van der Waals surface area contributed by atoms with E-state index in [1.165, 1.54) is 35.1 Å². The van der Waals surface area contributed by atoms with Gasteiger partial charge in [-0.25, -0.2) is 14.2 Å². The van der Waals surface area contributed by atoms with Gasteiger partial charge in [0.2, 0.25) is 0 Å². The first-order valence-electron chi connectivity index (χ1n) is 8.05. The fourth-order valence-electron chi connectivity index (χ4n) is 2.37. The Morgan fingerprint density at radius 1 is 1.48 bits per heavy atom. The van der Waals surface area contributed by atoms with Gasteiger partial charge in [-0.05, 0) is 47.5 Å². The van der Waals surface area contributed by atoms with Crippen molar-refractivity contribution in [2.75, 3.05) is 6.61 Å². The van der Waals surface area contributed by atoms with Crippen molar-refractivity contribution < 1.29 is 19.0 Å². The molecule has 0 bridgehead atoms. The summed E-state index contributed by atoms with van der Waals surface area (Å²) >= 11 is 3.25. The first kappa shape index (κ1) is 20.6. The van der Waals surface area contributed by atoms with E-state index in [1.54, 1.807) is 13.8 Å². The Balaban J connectivity index is 2.67. The molecule has 2 rings (SSSR count). The topological polar surface area (TPSA) is 81.4 Å². The molecular formula is C19H18BrFN2O4. The maximum absolute atomic E-state index is 13.3. The normalized spacial score (nSPS) is 11.9. The molecule has 0 aliphatic rings. The van der Waals surface area contributed by atoms with E-state index in [-0.39, 0.29) is 24.2 Å². The zero-order valence-corrected chi connectivity index (χ0v) is 16.4. The average Bonchev–Trinajstić information content (AvgIpc) is 2.63.